The van der Waals surface area contributed by atoms with Crippen LogP contribution in [0.15, 0.2) is 61.2 Å². The van der Waals surface area contributed by atoms with Crippen LogP contribution in [0.5, 0.6) is 0 Å². The largest absolute Gasteiger partial charge is 0.207 e. The van der Waals surface area contributed by atoms with Crippen LogP contribution in [0, 0.1) is 25.1 Å². The maximum atomic E-state index is 14.9. The molecule has 1 aliphatic carbocycles. The molecule has 2 aromatic carbocycles. The minimum absolute atomic E-state index is 0.0988. The molecule has 1 heteroatoms. The van der Waals surface area contributed by atoms with Crippen molar-refractivity contribution in [2.24, 2.45) is 5.41 Å². The molecule has 0 aromatic heterocycles. The van der Waals surface area contributed by atoms with Gasteiger partial charge in [0.25, 0.3) is 0 Å². The van der Waals surface area contributed by atoms with Crippen molar-refractivity contribution in [1.82, 2.24) is 0 Å². The molecule has 0 saturated heterocycles. The minimum atomic E-state index is -0.129. The summed E-state index contributed by atoms with van der Waals surface area (Å²) in [6.07, 6.45) is 4.66. The molecule has 0 radical (unpaired) electrons. The summed E-state index contributed by atoms with van der Waals surface area (Å²) in [6.45, 7) is 16.8. The molecule has 0 fully saturated rings. The zero-order valence-electron chi connectivity index (χ0n) is 17.0. The van der Waals surface area contributed by atoms with Crippen molar-refractivity contribution in [2.45, 2.75) is 47.0 Å². The van der Waals surface area contributed by atoms with Gasteiger partial charge in [0.1, 0.15) is 5.82 Å². The zero-order chi connectivity index (χ0) is 19.8. The highest BCUT2D eigenvalue weighted by Gasteiger charge is 2.38. The second kappa shape index (κ2) is 7.31. The highest BCUT2D eigenvalue weighted by Crippen LogP contribution is 2.51. The fourth-order valence-electron chi connectivity index (χ4n) is 3.88. The quantitative estimate of drug-likeness (QED) is 0.469. The standard InChI is InChI=1S/C26H29F/c1-7-18(3)22-14-19(4)24(25(27)15-22)16-23-11-12-26(23,6)20(5)21-10-8-9-17(2)13-21/h8-11,13-15H,3,5,7,12,16H2,1-2,4,6H3. The molecule has 0 amide bonds. The van der Waals surface area contributed by atoms with Crippen LogP contribution in [0.2, 0.25) is 0 Å². The second-order valence-corrected chi connectivity index (χ2v) is 8.00. The van der Waals surface area contributed by atoms with Crippen LogP contribution in [0.1, 0.15) is 54.5 Å². The summed E-state index contributed by atoms with van der Waals surface area (Å²) >= 11 is 0. The van der Waals surface area contributed by atoms with Crippen molar-refractivity contribution in [1.29, 1.82) is 0 Å². The Morgan fingerprint density at radius 3 is 2.41 bits per heavy atom. The number of rotatable bonds is 6. The Balaban J connectivity index is 1.87. The van der Waals surface area contributed by atoms with Crippen molar-refractivity contribution in [3.05, 3.63) is 94.8 Å². The molecule has 0 saturated carbocycles. The molecule has 1 aliphatic rings. The molecule has 0 spiro atoms. The van der Waals surface area contributed by atoms with Gasteiger partial charge in [-0.25, -0.2) is 4.39 Å². The van der Waals surface area contributed by atoms with Gasteiger partial charge in [-0.2, -0.15) is 0 Å². The van der Waals surface area contributed by atoms with E-state index in [1.54, 1.807) is 6.07 Å². The van der Waals surface area contributed by atoms with E-state index in [4.69, 9.17) is 0 Å². The Kier molecular flexibility index (Phi) is 5.24. The lowest BCUT2D eigenvalue weighted by molar-refractivity contribution is 0.467. The van der Waals surface area contributed by atoms with Crippen LogP contribution in [0.25, 0.3) is 11.1 Å². The lowest BCUT2D eigenvalue weighted by atomic mass is 9.62. The summed E-state index contributed by atoms with van der Waals surface area (Å²) in [7, 11) is 0. The zero-order valence-corrected chi connectivity index (χ0v) is 17.0. The summed E-state index contributed by atoms with van der Waals surface area (Å²) < 4.78 is 14.9. The Hall–Kier alpha value is -2.41. The van der Waals surface area contributed by atoms with Crippen LogP contribution in [-0.4, -0.2) is 0 Å². The molecule has 2 aromatic rings. The average Bonchev–Trinajstić information content (AvgIpc) is 2.64. The normalized spacial score (nSPS) is 18.6. The molecule has 140 valence electrons. The van der Waals surface area contributed by atoms with E-state index in [2.05, 4.69) is 63.4 Å². The third kappa shape index (κ3) is 3.56. The lowest BCUT2D eigenvalue weighted by Crippen LogP contribution is -2.29. The van der Waals surface area contributed by atoms with Crippen molar-refractivity contribution in [3.63, 3.8) is 0 Å². The highest BCUT2D eigenvalue weighted by atomic mass is 19.1. The van der Waals surface area contributed by atoms with E-state index in [0.717, 1.165) is 40.7 Å². The van der Waals surface area contributed by atoms with Gasteiger partial charge in [-0.3, -0.25) is 0 Å². The van der Waals surface area contributed by atoms with Gasteiger partial charge in [-0.15, -0.1) is 0 Å². The fourth-order valence-corrected chi connectivity index (χ4v) is 3.88. The van der Waals surface area contributed by atoms with Crippen molar-refractivity contribution >= 4 is 11.1 Å². The Morgan fingerprint density at radius 2 is 1.85 bits per heavy atom. The van der Waals surface area contributed by atoms with Crippen molar-refractivity contribution < 1.29 is 4.39 Å². The van der Waals surface area contributed by atoms with Gasteiger partial charge in [0.05, 0.1) is 0 Å². The molecule has 0 heterocycles. The van der Waals surface area contributed by atoms with Crippen LogP contribution in [0.3, 0.4) is 0 Å². The van der Waals surface area contributed by atoms with Crippen LogP contribution < -0.4 is 0 Å². The summed E-state index contributed by atoms with van der Waals surface area (Å²) in [6, 6.07) is 12.2. The number of halogens is 1. The van der Waals surface area contributed by atoms with Gasteiger partial charge in [-0.05, 0) is 72.6 Å². The van der Waals surface area contributed by atoms with E-state index >= 15 is 0 Å². The predicted octanol–water partition coefficient (Wildman–Crippen LogP) is 7.46. The second-order valence-electron chi connectivity index (χ2n) is 8.00. The fraction of sp³-hybridized carbons (Fsp3) is 0.308. The third-order valence-electron chi connectivity index (χ3n) is 6.12. The van der Waals surface area contributed by atoms with Crippen LogP contribution >= 0.6 is 0 Å². The van der Waals surface area contributed by atoms with Gasteiger partial charge in [0, 0.05) is 5.41 Å². The highest BCUT2D eigenvalue weighted by molar-refractivity contribution is 5.74. The molecule has 0 bridgehead atoms. The van der Waals surface area contributed by atoms with Crippen LogP contribution in [-0.2, 0) is 6.42 Å². The average molecular weight is 361 g/mol. The maximum absolute atomic E-state index is 14.9. The van der Waals surface area contributed by atoms with E-state index in [0.29, 0.717) is 6.42 Å². The SMILES string of the molecule is C=C(CC)c1cc(C)c(CC2=CCC2(C)C(=C)c2cccc(C)c2)c(F)c1. The number of aryl methyl sites for hydroxylation is 2. The monoisotopic (exact) mass is 360 g/mol. The molecule has 1 unspecified atom stereocenters. The van der Waals surface area contributed by atoms with E-state index in [9.17, 15) is 4.39 Å². The van der Waals surface area contributed by atoms with Crippen molar-refractivity contribution in [2.75, 3.05) is 0 Å². The molecule has 3 rings (SSSR count). The Labute approximate surface area is 163 Å². The Morgan fingerprint density at radius 1 is 1.11 bits per heavy atom. The maximum Gasteiger partial charge on any atom is 0.127 e. The topological polar surface area (TPSA) is 0 Å². The first kappa shape index (κ1) is 19.4. The molecular formula is C26H29F. The van der Waals surface area contributed by atoms with E-state index in [1.807, 2.05) is 13.8 Å². The van der Waals surface area contributed by atoms with E-state index in [1.165, 1.54) is 16.7 Å². The third-order valence-corrected chi connectivity index (χ3v) is 6.12. The number of hydrogen-bond acceptors (Lipinski definition) is 0. The Bertz CT molecular complexity index is 921. The first-order chi connectivity index (χ1) is 12.8. The summed E-state index contributed by atoms with van der Waals surface area (Å²) in [5, 5.41) is 0. The molecule has 0 aliphatic heterocycles. The number of hydrogen-bond donors (Lipinski definition) is 0. The first-order valence-corrected chi connectivity index (χ1v) is 9.69. The number of benzene rings is 2. The van der Waals surface area contributed by atoms with Crippen LogP contribution in [0.4, 0.5) is 4.39 Å². The van der Waals surface area contributed by atoms with E-state index in [-0.39, 0.29) is 11.2 Å². The van der Waals surface area contributed by atoms with Gasteiger partial charge in [-0.1, -0.05) is 74.5 Å². The first-order valence-electron chi connectivity index (χ1n) is 9.69. The van der Waals surface area contributed by atoms with Crippen molar-refractivity contribution in [3.8, 4) is 0 Å². The summed E-state index contributed by atoms with van der Waals surface area (Å²) in [5.74, 6) is -0.129. The molecule has 0 nitrogen and oxygen atoms in total. The number of allylic oxidation sites excluding steroid dienone is 4. The van der Waals surface area contributed by atoms with Gasteiger partial charge >= 0.3 is 0 Å². The van der Waals surface area contributed by atoms with Gasteiger partial charge in [0.15, 0.2) is 0 Å². The predicted molar refractivity (Wildman–Crippen MR) is 115 cm³/mol. The molecule has 1 atom stereocenters. The molecule has 0 N–H and O–H groups in total. The lowest BCUT2D eigenvalue weighted by Gasteiger charge is -2.41. The van der Waals surface area contributed by atoms with Gasteiger partial charge < -0.3 is 0 Å². The van der Waals surface area contributed by atoms with Gasteiger partial charge in [0.2, 0.25) is 0 Å². The smallest absolute Gasteiger partial charge is 0.127 e. The minimum Gasteiger partial charge on any atom is -0.207 e. The summed E-state index contributed by atoms with van der Waals surface area (Å²) in [5.41, 5.74) is 8.36. The summed E-state index contributed by atoms with van der Waals surface area (Å²) in [4.78, 5) is 0. The van der Waals surface area contributed by atoms with E-state index < -0.39 is 0 Å². The molecular weight excluding hydrogens is 331 g/mol. The molecule has 27 heavy (non-hydrogen) atoms.